The summed E-state index contributed by atoms with van der Waals surface area (Å²) in [4.78, 5) is 0. The second-order valence-electron chi connectivity index (χ2n) is 4.08. The molecule has 0 saturated carbocycles. The van der Waals surface area contributed by atoms with E-state index in [2.05, 4.69) is 39.0 Å². The lowest BCUT2D eigenvalue weighted by Gasteiger charge is -2.16. The van der Waals surface area contributed by atoms with Crippen LogP contribution in [-0.4, -0.2) is 6.61 Å². The molecule has 0 heterocycles. The Labute approximate surface area is 93.5 Å². The van der Waals surface area contributed by atoms with Gasteiger partial charge in [-0.25, -0.2) is 0 Å². The number of rotatable bonds is 6. The monoisotopic (exact) mass is 206 g/mol. The quantitative estimate of drug-likeness (QED) is 0.671. The molecule has 84 valence electrons. The largest absolute Gasteiger partial charge is 0.493 e. The highest BCUT2D eigenvalue weighted by molar-refractivity contribution is 5.35. The fraction of sp³-hybridized carbons (Fsp3) is 0.571. The van der Waals surface area contributed by atoms with Crippen molar-refractivity contribution in [1.29, 1.82) is 0 Å². The van der Waals surface area contributed by atoms with Gasteiger partial charge in [0.05, 0.1) is 6.61 Å². The van der Waals surface area contributed by atoms with E-state index in [4.69, 9.17) is 4.74 Å². The number of ether oxygens (including phenoxy) is 1. The molecule has 0 spiro atoms. The smallest absolute Gasteiger partial charge is 0.122 e. The maximum Gasteiger partial charge on any atom is 0.122 e. The minimum absolute atomic E-state index is 0.600. The third kappa shape index (κ3) is 3.58. The summed E-state index contributed by atoms with van der Waals surface area (Å²) in [5.74, 6) is 1.67. The molecule has 0 saturated heterocycles. The van der Waals surface area contributed by atoms with Gasteiger partial charge in [-0.05, 0) is 30.4 Å². The van der Waals surface area contributed by atoms with Crippen LogP contribution in [-0.2, 0) is 0 Å². The van der Waals surface area contributed by atoms with Crippen LogP contribution < -0.4 is 4.74 Å². The van der Waals surface area contributed by atoms with Crippen LogP contribution in [0.5, 0.6) is 5.75 Å². The predicted molar refractivity (Wildman–Crippen MR) is 65.6 cm³/mol. The average molecular weight is 206 g/mol. The zero-order valence-corrected chi connectivity index (χ0v) is 10.1. The Morgan fingerprint density at radius 1 is 1.13 bits per heavy atom. The van der Waals surface area contributed by atoms with Gasteiger partial charge in [0.1, 0.15) is 5.75 Å². The zero-order chi connectivity index (χ0) is 11.1. The molecule has 0 aromatic heterocycles. The summed E-state index contributed by atoms with van der Waals surface area (Å²) < 4.78 is 5.75. The number of benzene rings is 1. The lowest BCUT2D eigenvalue weighted by Crippen LogP contribution is -2.01. The maximum absolute atomic E-state index is 5.75. The van der Waals surface area contributed by atoms with Crippen LogP contribution >= 0.6 is 0 Å². The Morgan fingerprint density at radius 2 is 1.87 bits per heavy atom. The fourth-order valence-corrected chi connectivity index (χ4v) is 1.82. The third-order valence-electron chi connectivity index (χ3n) is 2.63. The second-order valence-corrected chi connectivity index (χ2v) is 4.08. The first-order valence-corrected chi connectivity index (χ1v) is 6.01. The first-order valence-electron chi connectivity index (χ1n) is 6.01. The standard InChI is InChI=1S/C14H22O/c1-4-8-12(3)13-9-6-7-10-14(13)15-11-5-2/h6-7,9-10,12H,4-5,8,11H2,1-3H3/t12-/m0/s1. The fourth-order valence-electron chi connectivity index (χ4n) is 1.82. The highest BCUT2D eigenvalue weighted by Crippen LogP contribution is 2.29. The van der Waals surface area contributed by atoms with E-state index >= 15 is 0 Å². The summed E-state index contributed by atoms with van der Waals surface area (Å²) in [6.45, 7) is 7.46. The molecule has 0 fully saturated rings. The molecule has 1 aromatic rings. The Bertz CT molecular complexity index is 280. The Balaban J connectivity index is 2.75. The number of para-hydroxylation sites is 1. The van der Waals surface area contributed by atoms with Gasteiger partial charge in [0.25, 0.3) is 0 Å². The van der Waals surface area contributed by atoms with Crippen molar-refractivity contribution >= 4 is 0 Å². The second kappa shape index (κ2) is 6.49. The lowest BCUT2D eigenvalue weighted by atomic mass is 9.96. The molecule has 0 radical (unpaired) electrons. The molecule has 15 heavy (non-hydrogen) atoms. The van der Waals surface area contributed by atoms with Gasteiger partial charge in [-0.15, -0.1) is 0 Å². The van der Waals surface area contributed by atoms with Gasteiger partial charge in [0.2, 0.25) is 0 Å². The van der Waals surface area contributed by atoms with Crippen molar-refractivity contribution in [3.63, 3.8) is 0 Å². The average Bonchev–Trinajstić information content (AvgIpc) is 2.27. The van der Waals surface area contributed by atoms with Gasteiger partial charge in [-0.3, -0.25) is 0 Å². The van der Waals surface area contributed by atoms with E-state index in [0.717, 1.165) is 18.8 Å². The summed E-state index contributed by atoms with van der Waals surface area (Å²) in [5.41, 5.74) is 1.35. The van der Waals surface area contributed by atoms with Gasteiger partial charge < -0.3 is 4.74 Å². The number of hydrogen-bond acceptors (Lipinski definition) is 1. The number of hydrogen-bond donors (Lipinski definition) is 0. The molecule has 0 aliphatic carbocycles. The van der Waals surface area contributed by atoms with E-state index in [9.17, 15) is 0 Å². The van der Waals surface area contributed by atoms with E-state index in [1.165, 1.54) is 18.4 Å². The molecule has 1 heteroatoms. The highest BCUT2D eigenvalue weighted by atomic mass is 16.5. The highest BCUT2D eigenvalue weighted by Gasteiger charge is 2.09. The Kier molecular flexibility index (Phi) is 5.23. The third-order valence-corrected chi connectivity index (χ3v) is 2.63. The van der Waals surface area contributed by atoms with E-state index in [1.54, 1.807) is 0 Å². The molecule has 0 aliphatic rings. The van der Waals surface area contributed by atoms with Crippen molar-refractivity contribution in [3.05, 3.63) is 29.8 Å². The molecule has 1 atom stereocenters. The van der Waals surface area contributed by atoms with Crippen molar-refractivity contribution in [2.75, 3.05) is 6.61 Å². The molecule has 0 amide bonds. The van der Waals surface area contributed by atoms with Gasteiger partial charge >= 0.3 is 0 Å². The van der Waals surface area contributed by atoms with Crippen LogP contribution in [0.4, 0.5) is 0 Å². The van der Waals surface area contributed by atoms with E-state index in [0.29, 0.717) is 5.92 Å². The van der Waals surface area contributed by atoms with Crippen LogP contribution in [0.15, 0.2) is 24.3 Å². The molecule has 0 unspecified atom stereocenters. The minimum atomic E-state index is 0.600. The summed E-state index contributed by atoms with van der Waals surface area (Å²) in [6.07, 6.45) is 3.52. The van der Waals surface area contributed by atoms with E-state index in [-0.39, 0.29) is 0 Å². The van der Waals surface area contributed by atoms with Gasteiger partial charge in [-0.2, -0.15) is 0 Å². The molecule has 1 aromatic carbocycles. The first kappa shape index (κ1) is 12.1. The Morgan fingerprint density at radius 3 is 2.53 bits per heavy atom. The van der Waals surface area contributed by atoms with Crippen molar-refractivity contribution in [2.45, 2.75) is 46.0 Å². The van der Waals surface area contributed by atoms with E-state index in [1.807, 2.05) is 6.07 Å². The van der Waals surface area contributed by atoms with Gasteiger partial charge in [0.15, 0.2) is 0 Å². The van der Waals surface area contributed by atoms with Gasteiger partial charge in [-0.1, -0.05) is 45.4 Å². The summed E-state index contributed by atoms with van der Waals surface area (Å²) in [5, 5.41) is 0. The molecule has 1 rings (SSSR count). The lowest BCUT2D eigenvalue weighted by molar-refractivity contribution is 0.312. The molecular weight excluding hydrogens is 184 g/mol. The molecular formula is C14H22O. The summed E-state index contributed by atoms with van der Waals surface area (Å²) in [6, 6.07) is 8.41. The van der Waals surface area contributed by atoms with Crippen LogP contribution in [0.3, 0.4) is 0 Å². The van der Waals surface area contributed by atoms with Crippen molar-refractivity contribution < 1.29 is 4.74 Å². The zero-order valence-electron chi connectivity index (χ0n) is 10.1. The molecule has 0 N–H and O–H groups in total. The van der Waals surface area contributed by atoms with Crippen LogP contribution in [0.25, 0.3) is 0 Å². The molecule has 0 aliphatic heterocycles. The Hall–Kier alpha value is -0.980. The van der Waals surface area contributed by atoms with Crippen LogP contribution in [0.2, 0.25) is 0 Å². The predicted octanol–water partition coefficient (Wildman–Crippen LogP) is 4.38. The van der Waals surface area contributed by atoms with Crippen molar-refractivity contribution in [3.8, 4) is 5.75 Å². The van der Waals surface area contributed by atoms with Gasteiger partial charge in [0, 0.05) is 0 Å². The van der Waals surface area contributed by atoms with Crippen molar-refractivity contribution in [2.24, 2.45) is 0 Å². The first-order chi connectivity index (χ1) is 7.29. The maximum atomic E-state index is 5.75. The molecule has 0 bridgehead atoms. The summed E-state index contributed by atoms with van der Waals surface area (Å²) >= 11 is 0. The van der Waals surface area contributed by atoms with Crippen molar-refractivity contribution in [1.82, 2.24) is 0 Å². The van der Waals surface area contributed by atoms with Crippen LogP contribution in [0, 0.1) is 0 Å². The SMILES string of the molecule is CCCOc1ccccc1[C@@H](C)CCC. The normalized spacial score (nSPS) is 12.5. The van der Waals surface area contributed by atoms with Crippen LogP contribution in [0.1, 0.15) is 51.5 Å². The topological polar surface area (TPSA) is 9.23 Å². The molecule has 1 nitrogen and oxygen atoms in total. The summed E-state index contributed by atoms with van der Waals surface area (Å²) in [7, 11) is 0. The minimum Gasteiger partial charge on any atom is -0.493 e. The van der Waals surface area contributed by atoms with E-state index < -0.39 is 0 Å².